The van der Waals surface area contributed by atoms with Crippen molar-refractivity contribution in [3.05, 3.63) is 41.7 Å². The molecular weight excluding hydrogens is 287 g/mol. The number of hydrogen-bond donors (Lipinski definition) is 2. The molecule has 0 radical (unpaired) electrons. The maximum atomic E-state index is 12.4. The summed E-state index contributed by atoms with van der Waals surface area (Å²) in [6.45, 7) is 1.58. The summed E-state index contributed by atoms with van der Waals surface area (Å²) in [5.74, 6) is 0.458. The number of carbonyl (C=O) groups excluding carboxylic acids is 1. The number of hydrogen-bond acceptors (Lipinski definition) is 4. The number of benzene rings is 1. The van der Waals surface area contributed by atoms with E-state index in [9.17, 15) is 9.18 Å². The number of halogens is 1. The lowest BCUT2D eigenvalue weighted by molar-refractivity contribution is 0.0696. The van der Waals surface area contributed by atoms with Crippen molar-refractivity contribution >= 4 is 5.91 Å². The van der Waals surface area contributed by atoms with E-state index in [0.717, 1.165) is 12.8 Å². The van der Waals surface area contributed by atoms with E-state index in [1.54, 1.807) is 24.3 Å². The Kier molecular flexibility index (Phi) is 6.36. The lowest BCUT2D eigenvalue weighted by Gasteiger charge is -2.23. The topological polar surface area (TPSA) is 73.6 Å². The summed E-state index contributed by atoms with van der Waals surface area (Å²) in [4.78, 5) is 12.1. The number of ether oxygens (including phenoxy) is 2. The van der Waals surface area contributed by atoms with Gasteiger partial charge in [0, 0.05) is 36.9 Å². The largest absolute Gasteiger partial charge is 0.489 e. The quantitative estimate of drug-likeness (QED) is 0.840. The molecule has 0 bridgehead atoms. The maximum Gasteiger partial charge on any atom is 0.251 e. The van der Waals surface area contributed by atoms with Gasteiger partial charge in [-0.15, -0.1) is 0 Å². The summed E-state index contributed by atoms with van der Waals surface area (Å²) >= 11 is 0. The maximum absolute atomic E-state index is 12.4. The fourth-order valence-electron chi connectivity index (χ4n) is 2.12. The highest BCUT2D eigenvalue weighted by molar-refractivity contribution is 5.94. The predicted molar refractivity (Wildman–Crippen MR) is 81.5 cm³/mol. The van der Waals surface area contributed by atoms with Crippen LogP contribution >= 0.6 is 0 Å². The molecule has 1 aromatic carbocycles. The van der Waals surface area contributed by atoms with Crippen molar-refractivity contribution in [2.75, 3.05) is 26.4 Å². The third-order valence-corrected chi connectivity index (χ3v) is 3.51. The molecule has 1 saturated heterocycles. The Morgan fingerprint density at radius 3 is 2.64 bits per heavy atom. The number of carbonyl (C=O) groups is 1. The standard InChI is InChI=1S/C16H21FN2O3/c17-9-12(10-18)11-22-15-3-1-13(2-4-15)16(20)19-14-5-7-21-8-6-14/h1-4,9,14H,5-8,10-11,18H2,(H,19,20). The van der Waals surface area contributed by atoms with E-state index in [1.165, 1.54) is 0 Å². The first-order valence-corrected chi connectivity index (χ1v) is 7.32. The molecule has 5 nitrogen and oxygen atoms in total. The molecule has 3 N–H and O–H groups in total. The summed E-state index contributed by atoms with van der Waals surface area (Å²) in [7, 11) is 0. The first-order valence-electron chi connectivity index (χ1n) is 7.32. The predicted octanol–water partition coefficient (Wildman–Crippen LogP) is 1.79. The van der Waals surface area contributed by atoms with Crippen LogP contribution in [-0.4, -0.2) is 38.3 Å². The summed E-state index contributed by atoms with van der Waals surface area (Å²) in [5, 5.41) is 2.99. The van der Waals surface area contributed by atoms with E-state index >= 15 is 0 Å². The lowest BCUT2D eigenvalue weighted by atomic mass is 10.1. The molecule has 2 rings (SSSR count). The minimum absolute atomic E-state index is 0.0978. The van der Waals surface area contributed by atoms with Gasteiger partial charge in [-0.3, -0.25) is 4.79 Å². The molecule has 1 heterocycles. The van der Waals surface area contributed by atoms with Crippen molar-refractivity contribution in [1.29, 1.82) is 0 Å². The van der Waals surface area contributed by atoms with Crippen LogP contribution in [-0.2, 0) is 4.74 Å². The molecule has 120 valence electrons. The molecule has 0 unspecified atom stereocenters. The second-order valence-corrected chi connectivity index (χ2v) is 5.14. The Morgan fingerprint density at radius 1 is 1.36 bits per heavy atom. The van der Waals surface area contributed by atoms with E-state index in [-0.39, 0.29) is 25.1 Å². The van der Waals surface area contributed by atoms with Gasteiger partial charge in [-0.25, -0.2) is 4.39 Å². The fourth-order valence-corrected chi connectivity index (χ4v) is 2.12. The second-order valence-electron chi connectivity index (χ2n) is 5.14. The van der Waals surface area contributed by atoms with Crippen molar-refractivity contribution in [2.45, 2.75) is 18.9 Å². The summed E-state index contributed by atoms with van der Waals surface area (Å²) in [5.41, 5.74) is 6.29. The highest BCUT2D eigenvalue weighted by Crippen LogP contribution is 2.14. The second kappa shape index (κ2) is 8.51. The van der Waals surface area contributed by atoms with Crippen LogP contribution in [0, 0.1) is 0 Å². The van der Waals surface area contributed by atoms with Gasteiger partial charge >= 0.3 is 0 Å². The average Bonchev–Trinajstić information content (AvgIpc) is 2.57. The normalized spacial score (nSPS) is 16.4. The number of amides is 1. The number of nitrogens with two attached hydrogens (primary N) is 1. The molecule has 0 spiro atoms. The van der Waals surface area contributed by atoms with Crippen LogP contribution in [0.25, 0.3) is 0 Å². The van der Waals surface area contributed by atoms with Gasteiger partial charge in [0.15, 0.2) is 0 Å². The highest BCUT2D eigenvalue weighted by atomic mass is 19.1. The Hall–Kier alpha value is -1.92. The molecule has 1 aliphatic heterocycles. The van der Waals surface area contributed by atoms with Crippen LogP contribution in [0.3, 0.4) is 0 Å². The van der Waals surface area contributed by atoms with E-state index in [4.69, 9.17) is 15.2 Å². The molecule has 1 aliphatic rings. The number of nitrogens with one attached hydrogen (secondary N) is 1. The Balaban J connectivity index is 1.86. The van der Waals surface area contributed by atoms with Crippen molar-refractivity contribution in [3.63, 3.8) is 0 Å². The molecule has 0 aliphatic carbocycles. The zero-order valence-corrected chi connectivity index (χ0v) is 12.4. The van der Waals surface area contributed by atoms with Gasteiger partial charge in [-0.05, 0) is 37.1 Å². The smallest absolute Gasteiger partial charge is 0.251 e. The van der Waals surface area contributed by atoms with E-state index in [0.29, 0.717) is 36.4 Å². The van der Waals surface area contributed by atoms with Crippen LogP contribution in [0.5, 0.6) is 5.75 Å². The first-order chi connectivity index (χ1) is 10.7. The van der Waals surface area contributed by atoms with Crippen LogP contribution in [0.2, 0.25) is 0 Å². The van der Waals surface area contributed by atoms with Gasteiger partial charge < -0.3 is 20.5 Å². The molecule has 6 heteroatoms. The third kappa shape index (κ3) is 4.82. The van der Waals surface area contributed by atoms with Gasteiger partial charge in [0.1, 0.15) is 12.4 Å². The van der Waals surface area contributed by atoms with E-state index in [1.807, 2.05) is 0 Å². The van der Waals surface area contributed by atoms with Crippen molar-refractivity contribution in [2.24, 2.45) is 5.73 Å². The van der Waals surface area contributed by atoms with E-state index < -0.39 is 0 Å². The van der Waals surface area contributed by atoms with Crippen LogP contribution in [0.1, 0.15) is 23.2 Å². The monoisotopic (exact) mass is 308 g/mol. The number of rotatable bonds is 6. The Morgan fingerprint density at radius 2 is 2.05 bits per heavy atom. The molecule has 0 saturated carbocycles. The SMILES string of the molecule is NCC(=CF)COc1ccc(C(=O)NC2CCOCC2)cc1. The van der Waals surface area contributed by atoms with E-state index in [2.05, 4.69) is 5.32 Å². The molecule has 22 heavy (non-hydrogen) atoms. The lowest BCUT2D eigenvalue weighted by Crippen LogP contribution is -2.38. The summed E-state index contributed by atoms with van der Waals surface area (Å²) < 4.78 is 23.0. The molecule has 1 aromatic rings. The van der Waals surface area contributed by atoms with Gasteiger partial charge in [-0.1, -0.05) is 0 Å². The van der Waals surface area contributed by atoms with Gasteiger partial charge in [0.25, 0.3) is 5.91 Å². The minimum atomic E-state index is -0.107. The van der Waals surface area contributed by atoms with Crippen LogP contribution in [0.4, 0.5) is 4.39 Å². The Bertz CT molecular complexity index is 511. The zero-order chi connectivity index (χ0) is 15.8. The highest BCUT2D eigenvalue weighted by Gasteiger charge is 2.16. The van der Waals surface area contributed by atoms with Crippen molar-refractivity contribution < 1.29 is 18.7 Å². The van der Waals surface area contributed by atoms with Crippen molar-refractivity contribution in [3.8, 4) is 5.75 Å². The van der Waals surface area contributed by atoms with Crippen molar-refractivity contribution in [1.82, 2.24) is 5.32 Å². The average molecular weight is 308 g/mol. The molecule has 0 atom stereocenters. The van der Waals surface area contributed by atoms with Gasteiger partial charge in [0.05, 0.1) is 6.33 Å². The molecule has 1 fully saturated rings. The van der Waals surface area contributed by atoms with Crippen LogP contribution in [0.15, 0.2) is 36.2 Å². The molecular formula is C16H21FN2O3. The summed E-state index contributed by atoms with van der Waals surface area (Å²) in [6.07, 6.45) is 2.13. The van der Waals surface area contributed by atoms with Gasteiger partial charge in [-0.2, -0.15) is 0 Å². The van der Waals surface area contributed by atoms with Crippen LogP contribution < -0.4 is 15.8 Å². The molecule has 1 amide bonds. The third-order valence-electron chi connectivity index (χ3n) is 3.51. The minimum Gasteiger partial charge on any atom is -0.489 e. The zero-order valence-electron chi connectivity index (χ0n) is 12.4. The molecule has 0 aromatic heterocycles. The fraction of sp³-hybridized carbons (Fsp3) is 0.438. The Labute approximate surface area is 129 Å². The van der Waals surface area contributed by atoms with Gasteiger partial charge in [0.2, 0.25) is 0 Å². The first kappa shape index (κ1) is 16.5. The summed E-state index contributed by atoms with van der Waals surface area (Å²) in [6, 6.07) is 6.91.